The van der Waals surface area contributed by atoms with Crippen molar-refractivity contribution >= 4 is 50.9 Å². The second kappa shape index (κ2) is 8.71. The minimum absolute atomic E-state index is 0.334. The summed E-state index contributed by atoms with van der Waals surface area (Å²) >= 11 is 12.4. The van der Waals surface area contributed by atoms with Gasteiger partial charge in [-0.3, -0.25) is 5.01 Å². The lowest BCUT2D eigenvalue weighted by Crippen LogP contribution is -2.47. The van der Waals surface area contributed by atoms with Crippen molar-refractivity contribution in [2.75, 3.05) is 14.2 Å². The molecule has 1 heterocycles. The van der Waals surface area contributed by atoms with E-state index in [0.29, 0.717) is 25.7 Å². The fraction of sp³-hybridized carbons (Fsp3) is 0.167. The van der Waals surface area contributed by atoms with Gasteiger partial charge in [0.25, 0.3) is 0 Å². The Morgan fingerprint density at radius 1 is 1.30 bits per heavy atom. The molecule has 9 heteroatoms. The fourth-order valence-electron chi connectivity index (χ4n) is 2.35. The quantitative estimate of drug-likeness (QED) is 0.454. The highest BCUT2D eigenvalue weighted by Crippen LogP contribution is 2.30. The molecule has 0 radical (unpaired) electrons. The Hall–Kier alpha value is -2.13. The highest BCUT2D eigenvalue weighted by Gasteiger charge is 2.30. The Labute approximate surface area is 171 Å². The number of rotatable bonds is 4. The van der Waals surface area contributed by atoms with Gasteiger partial charge in [-0.15, -0.1) is 0 Å². The molecule has 1 N–H and O–H groups in total. The topological polar surface area (TPSA) is 63.2 Å². The maximum absolute atomic E-state index is 12.2. The lowest BCUT2D eigenvalue weighted by Gasteiger charge is -2.33. The van der Waals surface area contributed by atoms with Crippen molar-refractivity contribution in [2.24, 2.45) is 5.16 Å². The summed E-state index contributed by atoms with van der Waals surface area (Å²) in [6.07, 6.45) is 0. The first-order valence-electron chi connectivity index (χ1n) is 7.88. The van der Waals surface area contributed by atoms with Gasteiger partial charge < -0.3 is 9.57 Å². The van der Waals surface area contributed by atoms with Crippen LogP contribution in [0, 0.1) is 0 Å². The van der Waals surface area contributed by atoms with Gasteiger partial charge in [0.15, 0.2) is 4.32 Å². The Kier molecular flexibility index (Phi) is 6.33. The van der Waals surface area contributed by atoms with Crippen molar-refractivity contribution in [3.05, 3.63) is 64.7 Å². The molecule has 0 saturated carbocycles. The number of hydrogen-bond acceptors (Lipinski definition) is 7. The van der Waals surface area contributed by atoms with E-state index in [1.54, 1.807) is 36.4 Å². The molecule has 0 amide bonds. The molecule has 2 aromatic carbocycles. The van der Waals surface area contributed by atoms with Crippen LogP contribution in [0.2, 0.25) is 5.02 Å². The molecule has 0 aromatic heterocycles. The second-order valence-corrected chi connectivity index (χ2v) is 7.67. The van der Waals surface area contributed by atoms with E-state index in [9.17, 15) is 4.79 Å². The minimum Gasteiger partial charge on any atom is -0.497 e. The number of hydrazine groups is 1. The predicted molar refractivity (Wildman–Crippen MR) is 111 cm³/mol. The van der Waals surface area contributed by atoms with Gasteiger partial charge in [-0.2, -0.15) is 0 Å². The smallest absolute Gasteiger partial charge is 0.365 e. The van der Waals surface area contributed by atoms with Crippen molar-refractivity contribution in [1.29, 1.82) is 0 Å². The average molecular weight is 422 g/mol. The number of methoxy groups -OCH3 is 1. The number of thiocarbonyl (C=S) groups is 1. The van der Waals surface area contributed by atoms with Crippen molar-refractivity contribution in [3.8, 4) is 5.75 Å². The van der Waals surface area contributed by atoms with Gasteiger partial charge in [0, 0.05) is 12.1 Å². The zero-order valence-corrected chi connectivity index (χ0v) is 16.9. The summed E-state index contributed by atoms with van der Waals surface area (Å²) in [6.45, 7) is 0. The van der Waals surface area contributed by atoms with E-state index in [4.69, 9.17) is 33.4 Å². The van der Waals surface area contributed by atoms with Crippen LogP contribution in [-0.4, -0.2) is 34.5 Å². The van der Waals surface area contributed by atoms with Crippen molar-refractivity contribution in [2.45, 2.75) is 6.04 Å². The van der Waals surface area contributed by atoms with Crippen LogP contribution in [0.3, 0.4) is 0 Å². The number of oxime groups is 1. The highest BCUT2D eigenvalue weighted by atomic mass is 35.5. The third kappa shape index (κ3) is 4.78. The number of benzene rings is 2. The van der Waals surface area contributed by atoms with E-state index in [-0.39, 0.29) is 6.04 Å². The SMILES string of the molecule is COc1cccc([C@H]2NN(C)C(=S)S/C2=N\OC(=O)c2ccc(Cl)cc2)c1. The van der Waals surface area contributed by atoms with Gasteiger partial charge >= 0.3 is 5.97 Å². The third-order valence-corrected chi connectivity index (χ3v) is 5.50. The fourth-order valence-corrected chi connectivity index (χ4v) is 3.54. The first-order chi connectivity index (χ1) is 13.0. The summed E-state index contributed by atoms with van der Waals surface area (Å²) in [5, 5.41) is 6.85. The molecule has 27 heavy (non-hydrogen) atoms. The second-order valence-electron chi connectivity index (χ2n) is 5.58. The Balaban J connectivity index is 1.84. The van der Waals surface area contributed by atoms with Crippen LogP contribution in [-0.2, 0) is 4.84 Å². The first-order valence-corrected chi connectivity index (χ1v) is 9.48. The largest absolute Gasteiger partial charge is 0.497 e. The average Bonchev–Trinajstić information content (AvgIpc) is 2.69. The molecule has 1 aliphatic rings. The van der Waals surface area contributed by atoms with Gasteiger partial charge in [0.2, 0.25) is 0 Å². The summed E-state index contributed by atoms with van der Waals surface area (Å²) in [5.41, 5.74) is 4.49. The van der Waals surface area contributed by atoms with E-state index in [2.05, 4.69) is 10.6 Å². The number of nitrogens with zero attached hydrogens (tertiary/aromatic N) is 2. The maximum atomic E-state index is 12.2. The lowest BCUT2D eigenvalue weighted by atomic mass is 10.1. The molecule has 3 rings (SSSR count). The summed E-state index contributed by atoms with van der Waals surface area (Å²) in [6, 6.07) is 13.6. The van der Waals surface area contributed by atoms with E-state index in [0.717, 1.165) is 5.56 Å². The normalized spacial score (nSPS) is 18.5. The maximum Gasteiger partial charge on any atom is 0.365 e. The lowest BCUT2D eigenvalue weighted by molar-refractivity contribution is 0.0515. The molecule has 1 atom stereocenters. The number of halogens is 1. The molecule has 0 bridgehead atoms. The van der Waals surface area contributed by atoms with E-state index in [1.807, 2.05) is 31.3 Å². The van der Waals surface area contributed by atoms with Crippen LogP contribution in [0.4, 0.5) is 0 Å². The standard InChI is InChI=1S/C18H16ClN3O3S2/c1-22-18(26)27-16(15(20-22)12-4-3-5-14(10-12)24-2)21-25-17(23)11-6-8-13(19)9-7-11/h3-10,15,20H,1-2H3/b21-16-/t15-/m1/s1. The van der Waals surface area contributed by atoms with Crippen molar-refractivity contribution in [3.63, 3.8) is 0 Å². The van der Waals surface area contributed by atoms with E-state index < -0.39 is 5.97 Å². The van der Waals surface area contributed by atoms with E-state index >= 15 is 0 Å². The first kappa shape index (κ1) is 19.6. The Morgan fingerprint density at radius 2 is 2.04 bits per heavy atom. The predicted octanol–water partition coefficient (Wildman–Crippen LogP) is 4.03. The van der Waals surface area contributed by atoms with Gasteiger partial charge in [0.1, 0.15) is 16.8 Å². The summed E-state index contributed by atoms with van der Waals surface area (Å²) in [4.78, 5) is 17.4. The molecule has 140 valence electrons. The molecular weight excluding hydrogens is 406 g/mol. The third-order valence-electron chi connectivity index (χ3n) is 3.76. The van der Waals surface area contributed by atoms with Gasteiger partial charge in [0.05, 0.1) is 12.7 Å². The van der Waals surface area contributed by atoms with Crippen LogP contribution >= 0.6 is 35.6 Å². The zero-order valence-electron chi connectivity index (χ0n) is 14.5. The zero-order chi connectivity index (χ0) is 19.4. The van der Waals surface area contributed by atoms with Crippen LogP contribution < -0.4 is 10.2 Å². The molecule has 0 aliphatic carbocycles. The van der Waals surface area contributed by atoms with Gasteiger partial charge in [-0.05, 0) is 53.7 Å². The van der Waals surface area contributed by atoms with Crippen LogP contribution in [0.5, 0.6) is 5.75 Å². The number of ether oxygens (including phenoxy) is 1. The molecule has 1 fully saturated rings. The molecule has 1 aliphatic heterocycles. The van der Waals surface area contributed by atoms with Crippen LogP contribution in [0.15, 0.2) is 53.7 Å². The summed E-state index contributed by atoms with van der Waals surface area (Å²) < 4.78 is 5.85. The summed E-state index contributed by atoms with van der Waals surface area (Å²) in [5.74, 6) is 0.140. The van der Waals surface area contributed by atoms with Crippen LogP contribution in [0.25, 0.3) is 0 Å². The number of nitrogens with one attached hydrogen (secondary N) is 1. The molecule has 2 aromatic rings. The molecule has 1 saturated heterocycles. The Bertz CT molecular complexity index is 890. The van der Waals surface area contributed by atoms with E-state index in [1.165, 1.54) is 11.8 Å². The molecule has 0 spiro atoms. The number of carbonyl (C=O) groups is 1. The van der Waals surface area contributed by atoms with Crippen molar-refractivity contribution < 1.29 is 14.4 Å². The number of carbonyl (C=O) groups excluding carboxylic acids is 1. The van der Waals surface area contributed by atoms with Crippen molar-refractivity contribution in [1.82, 2.24) is 10.4 Å². The Morgan fingerprint density at radius 3 is 2.74 bits per heavy atom. The molecule has 6 nitrogen and oxygen atoms in total. The molecule has 0 unspecified atom stereocenters. The number of hydrogen-bond donors (Lipinski definition) is 1. The summed E-state index contributed by atoms with van der Waals surface area (Å²) in [7, 11) is 3.42. The highest BCUT2D eigenvalue weighted by molar-refractivity contribution is 8.33. The monoisotopic (exact) mass is 421 g/mol. The van der Waals surface area contributed by atoms with Crippen LogP contribution in [0.1, 0.15) is 22.0 Å². The number of thioether (sulfide) groups is 1. The minimum atomic E-state index is -0.575. The molecular formula is C18H16ClN3O3S2. The van der Waals surface area contributed by atoms with Gasteiger partial charge in [-0.1, -0.05) is 41.1 Å². The van der Waals surface area contributed by atoms with Gasteiger partial charge in [-0.25, -0.2) is 10.2 Å².